The van der Waals surface area contributed by atoms with Crippen molar-refractivity contribution in [2.75, 3.05) is 27.2 Å². The first-order chi connectivity index (χ1) is 14.0. The summed E-state index contributed by atoms with van der Waals surface area (Å²) in [6.07, 6.45) is 3.83. The highest BCUT2D eigenvalue weighted by Gasteiger charge is 2.45. The van der Waals surface area contributed by atoms with Crippen LogP contribution in [-0.4, -0.2) is 48.9 Å². The molecule has 4 rings (SSSR count). The van der Waals surface area contributed by atoms with E-state index >= 15 is 0 Å². The summed E-state index contributed by atoms with van der Waals surface area (Å²) in [7, 11) is 4.31. The van der Waals surface area contributed by atoms with Crippen molar-refractivity contribution in [1.29, 1.82) is 0 Å². The van der Waals surface area contributed by atoms with Gasteiger partial charge in [0.25, 0.3) is 0 Å². The van der Waals surface area contributed by atoms with Crippen LogP contribution >= 0.6 is 0 Å². The number of likely N-dealkylation sites (tertiary alicyclic amines) is 1. The van der Waals surface area contributed by atoms with Gasteiger partial charge >= 0.3 is 0 Å². The molecule has 0 radical (unpaired) electrons. The van der Waals surface area contributed by atoms with Gasteiger partial charge in [0.2, 0.25) is 5.91 Å². The van der Waals surface area contributed by atoms with E-state index in [1.165, 1.54) is 11.1 Å². The number of hydrogen-bond acceptors (Lipinski definition) is 3. The first-order valence-electron chi connectivity index (χ1n) is 10.9. The Balaban J connectivity index is 1.51. The molecular formula is C25H33N3O. The van der Waals surface area contributed by atoms with Gasteiger partial charge in [-0.1, -0.05) is 60.7 Å². The molecule has 2 fully saturated rings. The van der Waals surface area contributed by atoms with Crippen LogP contribution in [0, 0.1) is 5.92 Å². The maximum absolute atomic E-state index is 13.5. The molecule has 1 aliphatic heterocycles. The standard InChI is InChI=1S/C25H33N3O/c1-27(2)25(20-11-7-4-8-12-20)15-17-28(18-16-25)24(29)23-21(13-14-22(23)26)19-9-5-3-6-10-19/h3-12,21-23H,13-18,26H2,1-2H3/t21-,22+,23-/m1/s1. The molecule has 1 saturated carbocycles. The number of piperidine rings is 1. The van der Waals surface area contributed by atoms with Gasteiger partial charge in [0.05, 0.1) is 5.92 Å². The summed E-state index contributed by atoms with van der Waals surface area (Å²) >= 11 is 0. The number of amides is 1. The lowest BCUT2D eigenvalue weighted by molar-refractivity contribution is -0.139. The largest absolute Gasteiger partial charge is 0.342 e. The third-order valence-electron chi connectivity index (χ3n) is 7.29. The van der Waals surface area contributed by atoms with Gasteiger partial charge in [-0.15, -0.1) is 0 Å². The SMILES string of the molecule is CN(C)C1(c2ccccc2)CCN(C(=O)[C@@H]2[C@@H](c3ccccc3)CC[C@@H]2N)CC1. The van der Waals surface area contributed by atoms with Crippen LogP contribution in [0.15, 0.2) is 60.7 Å². The van der Waals surface area contributed by atoms with Gasteiger partial charge in [-0.3, -0.25) is 9.69 Å². The molecule has 3 atom stereocenters. The Morgan fingerprint density at radius 3 is 2.14 bits per heavy atom. The minimum absolute atomic E-state index is 0.00529. The van der Waals surface area contributed by atoms with Crippen molar-refractivity contribution < 1.29 is 4.79 Å². The fraction of sp³-hybridized carbons (Fsp3) is 0.480. The smallest absolute Gasteiger partial charge is 0.227 e. The summed E-state index contributed by atoms with van der Waals surface area (Å²) in [4.78, 5) is 18.0. The number of benzene rings is 2. The number of hydrogen-bond donors (Lipinski definition) is 1. The topological polar surface area (TPSA) is 49.6 Å². The Morgan fingerprint density at radius 2 is 1.55 bits per heavy atom. The van der Waals surface area contributed by atoms with Crippen LogP contribution in [-0.2, 0) is 10.3 Å². The normalized spacial score (nSPS) is 26.6. The molecule has 2 aliphatic rings. The number of nitrogens with zero attached hydrogens (tertiary/aromatic N) is 2. The van der Waals surface area contributed by atoms with Crippen molar-refractivity contribution in [3.05, 3.63) is 71.8 Å². The predicted molar refractivity (Wildman–Crippen MR) is 118 cm³/mol. The van der Waals surface area contributed by atoms with Gasteiger partial charge in [-0.05, 0) is 56.8 Å². The molecule has 4 heteroatoms. The van der Waals surface area contributed by atoms with Gasteiger partial charge in [-0.2, -0.15) is 0 Å². The van der Waals surface area contributed by atoms with E-state index < -0.39 is 0 Å². The summed E-state index contributed by atoms with van der Waals surface area (Å²) in [6.45, 7) is 1.58. The Labute approximate surface area is 174 Å². The van der Waals surface area contributed by atoms with Crippen LogP contribution in [0.5, 0.6) is 0 Å². The first-order valence-corrected chi connectivity index (χ1v) is 10.9. The predicted octanol–water partition coefficient (Wildman–Crippen LogP) is 3.59. The summed E-state index contributed by atoms with van der Waals surface area (Å²) in [6, 6.07) is 21.1. The third-order valence-corrected chi connectivity index (χ3v) is 7.29. The van der Waals surface area contributed by atoms with E-state index in [2.05, 4.69) is 78.5 Å². The molecule has 0 unspecified atom stereocenters. The number of rotatable bonds is 4. The summed E-state index contributed by atoms with van der Waals surface area (Å²) in [5.74, 6) is 0.401. The van der Waals surface area contributed by atoms with E-state index in [9.17, 15) is 4.79 Å². The third kappa shape index (κ3) is 3.72. The monoisotopic (exact) mass is 391 g/mol. The fourth-order valence-electron chi connectivity index (χ4n) is 5.51. The highest BCUT2D eigenvalue weighted by molar-refractivity contribution is 5.81. The Morgan fingerprint density at radius 1 is 0.966 bits per heavy atom. The van der Waals surface area contributed by atoms with Crippen molar-refractivity contribution >= 4 is 5.91 Å². The molecule has 1 aliphatic carbocycles. The second kappa shape index (κ2) is 8.29. The van der Waals surface area contributed by atoms with Crippen LogP contribution in [0.2, 0.25) is 0 Å². The molecule has 1 amide bonds. The molecule has 29 heavy (non-hydrogen) atoms. The zero-order chi connectivity index (χ0) is 20.4. The van der Waals surface area contributed by atoms with Crippen LogP contribution < -0.4 is 5.73 Å². The lowest BCUT2D eigenvalue weighted by Gasteiger charge is -2.47. The zero-order valence-corrected chi connectivity index (χ0v) is 17.6. The van der Waals surface area contributed by atoms with Crippen LogP contribution in [0.25, 0.3) is 0 Å². The van der Waals surface area contributed by atoms with Crippen molar-refractivity contribution in [3.63, 3.8) is 0 Å². The van der Waals surface area contributed by atoms with Crippen LogP contribution in [0.1, 0.15) is 42.7 Å². The molecule has 1 saturated heterocycles. The van der Waals surface area contributed by atoms with E-state index in [0.717, 1.165) is 38.8 Å². The molecule has 2 N–H and O–H groups in total. The average Bonchev–Trinajstić information content (AvgIpc) is 3.15. The molecule has 1 heterocycles. The van der Waals surface area contributed by atoms with Gasteiger partial charge < -0.3 is 10.6 Å². The van der Waals surface area contributed by atoms with Gasteiger partial charge in [0.1, 0.15) is 0 Å². The maximum Gasteiger partial charge on any atom is 0.227 e. The van der Waals surface area contributed by atoms with E-state index in [4.69, 9.17) is 5.73 Å². The van der Waals surface area contributed by atoms with Gasteiger partial charge in [0, 0.05) is 24.7 Å². The summed E-state index contributed by atoms with van der Waals surface area (Å²) in [5.41, 5.74) is 9.04. The molecular weight excluding hydrogens is 358 g/mol. The second-order valence-electron chi connectivity index (χ2n) is 8.90. The molecule has 0 spiro atoms. The molecule has 0 aromatic heterocycles. The highest BCUT2D eigenvalue weighted by atomic mass is 16.2. The summed E-state index contributed by atoms with van der Waals surface area (Å²) < 4.78 is 0. The average molecular weight is 392 g/mol. The molecule has 2 aromatic rings. The van der Waals surface area contributed by atoms with Gasteiger partial charge in [0.15, 0.2) is 0 Å². The van der Waals surface area contributed by atoms with Gasteiger partial charge in [-0.25, -0.2) is 0 Å². The fourth-order valence-corrected chi connectivity index (χ4v) is 5.51. The molecule has 154 valence electrons. The quantitative estimate of drug-likeness (QED) is 0.867. The zero-order valence-electron chi connectivity index (χ0n) is 17.6. The molecule has 2 aromatic carbocycles. The van der Waals surface area contributed by atoms with E-state index in [1.54, 1.807) is 0 Å². The minimum Gasteiger partial charge on any atom is -0.342 e. The van der Waals surface area contributed by atoms with Crippen molar-refractivity contribution in [2.45, 2.75) is 43.2 Å². The summed E-state index contributed by atoms with van der Waals surface area (Å²) in [5, 5.41) is 0. The molecule has 0 bridgehead atoms. The van der Waals surface area contributed by atoms with Crippen molar-refractivity contribution in [1.82, 2.24) is 9.80 Å². The minimum atomic E-state index is -0.0963. The maximum atomic E-state index is 13.5. The second-order valence-corrected chi connectivity index (χ2v) is 8.90. The number of nitrogens with two attached hydrogens (primary N) is 1. The van der Waals surface area contributed by atoms with E-state index in [1.807, 2.05) is 6.07 Å². The van der Waals surface area contributed by atoms with Crippen LogP contribution in [0.4, 0.5) is 0 Å². The lowest BCUT2D eigenvalue weighted by atomic mass is 9.79. The van der Waals surface area contributed by atoms with Crippen molar-refractivity contribution in [3.8, 4) is 0 Å². The Kier molecular flexibility index (Phi) is 5.75. The molecule has 4 nitrogen and oxygen atoms in total. The van der Waals surface area contributed by atoms with E-state index in [-0.39, 0.29) is 29.3 Å². The highest BCUT2D eigenvalue weighted by Crippen LogP contribution is 2.42. The van der Waals surface area contributed by atoms with Crippen LogP contribution in [0.3, 0.4) is 0 Å². The Bertz CT molecular complexity index is 812. The van der Waals surface area contributed by atoms with Crippen molar-refractivity contribution in [2.24, 2.45) is 11.7 Å². The lowest BCUT2D eigenvalue weighted by Crippen LogP contribution is -2.54. The Hall–Kier alpha value is -2.17. The van der Waals surface area contributed by atoms with E-state index in [0.29, 0.717) is 0 Å². The first kappa shape index (κ1) is 20.1. The number of carbonyl (C=O) groups is 1. The number of carbonyl (C=O) groups excluding carboxylic acids is 1.